The highest BCUT2D eigenvalue weighted by Crippen LogP contribution is 2.18. The van der Waals surface area contributed by atoms with Crippen LogP contribution in [0, 0.1) is 0 Å². The Morgan fingerprint density at radius 2 is 2.23 bits per heavy atom. The molecule has 0 aliphatic carbocycles. The molecule has 2 N–H and O–H groups in total. The number of carbonyl (C=O) groups excluding carboxylic acids is 1. The molecule has 118 valence electrons. The van der Waals surface area contributed by atoms with Crippen LogP contribution < -0.4 is 10.2 Å². The van der Waals surface area contributed by atoms with Gasteiger partial charge in [0.05, 0.1) is 6.26 Å². The number of carbonyl (C=O) groups is 1. The molecule has 0 aliphatic rings. The van der Waals surface area contributed by atoms with Gasteiger partial charge in [-0.05, 0) is 31.2 Å². The van der Waals surface area contributed by atoms with Crippen molar-refractivity contribution in [3.8, 4) is 0 Å². The average molecular weight is 303 g/mol. The SMILES string of the molecule is C[C@H](C[C@@H](O)c1ccco1)NC(=O)c1cc(N(C)C)ccn1. The largest absolute Gasteiger partial charge is 0.467 e. The minimum Gasteiger partial charge on any atom is -0.467 e. The summed E-state index contributed by atoms with van der Waals surface area (Å²) >= 11 is 0. The monoisotopic (exact) mass is 303 g/mol. The molecule has 22 heavy (non-hydrogen) atoms. The van der Waals surface area contributed by atoms with E-state index in [0.717, 1.165) is 5.69 Å². The lowest BCUT2D eigenvalue weighted by Gasteiger charge is -2.17. The van der Waals surface area contributed by atoms with Crippen molar-refractivity contribution in [1.82, 2.24) is 10.3 Å². The Balaban J connectivity index is 1.95. The van der Waals surface area contributed by atoms with Gasteiger partial charge < -0.3 is 19.7 Å². The number of hydrogen-bond acceptors (Lipinski definition) is 5. The van der Waals surface area contributed by atoms with E-state index in [9.17, 15) is 9.90 Å². The van der Waals surface area contributed by atoms with Gasteiger partial charge in [0.15, 0.2) is 0 Å². The van der Waals surface area contributed by atoms with Gasteiger partial charge in [0.25, 0.3) is 5.91 Å². The Bertz CT molecular complexity index is 611. The molecule has 0 radical (unpaired) electrons. The summed E-state index contributed by atoms with van der Waals surface area (Å²) in [5.41, 5.74) is 1.26. The van der Waals surface area contributed by atoms with Gasteiger partial charge in [-0.1, -0.05) is 0 Å². The van der Waals surface area contributed by atoms with E-state index >= 15 is 0 Å². The predicted molar refractivity (Wildman–Crippen MR) is 83.8 cm³/mol. The average Bonchev–Trinajstić information content (AvgIpc) is 3.01. The van der Waals surface area contributed by atoms with Crippen molar-refractivity contribution < 1.29 is 14.3 Å². The van der Waals surface area contributed by atoms with Crippen LogP contribution in [0.2, 0.25) is 0 Å². The molecule has 0 bridgehead atoms. The molecule has 1 amide bonds. The third-order valence-corrected chi connectivity index (χ3v) is 3.32. The molecule has 2 aromatic rings. The molecule has 0 saturated carbocycles. The maximum Gasteiger partial charge on any atom is 0.270 e. The normalized spacial score (nSPS) is 13.5. The van der Waals surface area contributed by atoms with Gasteiger partial charge in [-0.25, -0.2) is 0 Å². The van der Waals surface area contributed by atoms with Crippen molar-refractivity contribution in [2.45, 2.75) is 25.5 Å². The van der Waals surface area contributed by atoms with Gasteiger partial charge in [-0.2, -0.15) is 0 Å². The topological polar surface area (TPSA) is 78.6 Å². The Kier molecular flexibility index (Phi) is 5.16. The number of anilines is 1. The second kappa shape index (κ2) is 7.09. The lowest BCUT2D eigenvalue weighted by molar-refractivity contribution is 0.0898. The Labute approximate surface area is 129 Å². The van der Waals surface area contributed by atoms with Crippen LogP contribution >= 0.6 is 0 Å². The van der Waals surface area contributed by atoms with Crippen molar-refractivity contribution in [2.24, 2.45) is 0 Å². The van der Waals surface area contributed by atoms with Crippen LogP contribution in [0.25, 0.3) is 0 Å². The zero-order valence-electron chi connectivity index (χ0n) is 13.0. The first-order valence-corrected chi connectivity index (χ1v) is 7.13. The highest BCUT2D eigenvalue weighted by atomic mass is 16.4. The van der Waals surface area contributed by atoms with Crippen molar-refractivity contribution in [2.75, 3.05) is 19.0 Å². The second-order valence-electron chi connectivity index (χ2n) is 5.44. The van der Waals surface area contributed by atoms with E-state index in [1.54, 1.807) is 24.4 Å². The van der Waals surface area contributed by atoms with Crippen LogP contribution in [0.1, 0.15) is 35.7 Å². The van der Waals surface area contributed by atoms with Gasteiger partial charge in [-0.3, -0.25) is 9.78 Å². The number of aliphatic hydroxyl groups excluding tert-OH is 1. The third-order valence-electron chi connectivity index (χ3n) is 3.32. The molecule has 2 rings (SSSR count). The summed E-state index contributed by atoms with van der Waals surface area (Å²) in [4.78, 5) is 18.2. The fraction of sp³-hybridized carbons (Fsp3) is 0.375. The summed E-state index contributed by atoms with van der Waals surface area (Å²) in [5, 5.41) is 12.8. The smallest absolute Gasteiger partial charge is 0.270 e. The summed E-state index contributed by atoms with van der Waals surface area (Å²) in [5.74, 6) is 0.233. The number of furan rings is 1. The molecule has 0 fully saturated rings. The summed E-state index contributed by atoms with van der Waals surface area (Å²) in [6, 6.07) is 6.78. The first-order valence-electron chi connectivity index (χ1n) is 7.13. The number of nitrogens with one attached hydrogen (secondary N) is 1. The van der Waals surface area contributed by atoms with E-state index < -0.39 is 6.10 Å². The van der Waals surface area contributed by atoms with Crippen molar-refractivity contribution in [1.29, 1.82) is 0 Å². The van der Waals surface area contributed by atoms with E-state index in [1.807, 2.05) is 32.0 Å². The van der Waals surface area contributed by atoms with Gasteiger partial charge in [0.2, 0.25) is 0 Å². The summed E-state index contributed by atoms with van der Waals surface area (Å²) in [6.07, 6.45) is 2.74. The summed E-state index contributed by atoms with van der Waals surface area (Å²) in [7, 11) is 3.80. The van der Waals surface area contributed by atoms with Crippen LogP contribution in [-0.2, 0) is 0 Å². The van der Waals surface area contributed by atoms with E-state index in [2.05, 4.69) is 10.3 Å². The zero-order chi connectivity index (χ0) is 16.1. The first-order chi connectivity index (χ1) is 10.5. The lowest BCUT2D eigenvalue weighted by Crippen LogP contribution is -2.34. The molecule has 6 heteroatoms. The van der Waals surface area contributed by atoms with Crippen LogP contribution in [0.5, 0.6) is 0 Å². The minimum absolute atomic E-state index is 0.211. The molecule has 0 unspecified atom stereocenters. The molecule has 0 spiro atoms. The van der Waals surface area contributed by atoms with Crippen LogP contribution in [0.4, 0.5) is 5.69 Å². The molecular formula is C16H21N3O3. The molecular weight excluding hydrogens is 282 g/mol. The van der Waals surface area contributed by atoms with Crippen LogP contribution in [-0.4, -0.2) is 36.1 Å². The number of nitrogens with zero attached hydrogens (tertiary/aromatic N) is 2. The molecule has 2 aromatic heterocycles. The summed E-state index contributed by atoms with van der Waals surface area (Å²) in [6.45, 7) is 1.83. The Morgan fingerprint density at radius 3 is 2.86 bits per heavy atom. The standard InChI is InChI=1S/C16H21N3O3/c1-11(9-14(20)15-5-4-8-22-15)18-16(21)13-10-12(19(2)3)6-7-17-13/h4-8,10-11,14,20H,9H2,1-3H3,(H,18,21)/t11-,14-/m1/s1. The summed E-state index contributed by atoms with van der Waals surface area (Å²) < 4.78 is 5.15. The fourth-order valence-corrected chi connectivity index (χ4v) is 2.11. The van der Waals surface area contributed by atoms with E-state index in [1.165, 1.54) is 6.26 Å². The van der Waals surface area contributed by atoms with E-state index in [4.69, 9.17) is 4.42 Å². The minimum atomic E-state index is -0.744. The molecule has 0 saturated heterocycles. The number of aromatic nitrogens is 1. The first kappa shape index (κ1) is 16.0. The third kappa shape index (κ3) is 4.08. The zero-order valence-corrected chi connectivity index (χ0v) is 13.0. The molecule has 2 heterocycles. The molecule has 6 nitrogen and oxygen atoms in total. The number of rotatable bonds is 6. The van der Waals surface area contributed by atoms with Gasteiger partial charge >= 0.3 is 0 Å². The highest BCUT2D eigenvalue weighted by molar-refractivity contribution is 5.93. The predicted octanol–water partition coefficient (Wildman–Crippen LogP) is 1.98. The highest BCUT2D eigenvalue weighted by Gasteiger charge is 2.17. The maximum absolute atomic E-state index is 12.2. The van der Waals surface area contributed by atoms with Crippen molar-refractivity contribution in [3.63, 3.8) is 0 Å². The number of aliphatic hydroxyl groups is 1. The van der Waals surface area contributed by atoms with E-state index in [-0.39, 0.29) is 11.9 Å². The molecule has 2 atom stereocenters. The lowest BCUT2D eigenvalue weighted by atomic mass is 10.1. The number of amides is 1. The number of hydrogen-bond donors (Lipinski definition) is 2. The number of pyridine rings is 1. The quantitative estimate of drug-likeness (QED) is 0.853. The maximum atomic E-state index is 12.2. The van der Waals surface area contributed by atoms with Crippen molar-refractivity contribution in [3.05, 3.63) is 48.2 Å². The molecule has 0 aromatic carbocycles. The van der Waals surface area contributed by atoms with Crippen LogP contribution in [0.3, 0.4) is 0 Å². The fourth-order valence-electron chi connectivity index (χ4n) is 2.11. The Hall–Kier alpha value is -2.34. The second-order valence-corrected chi connectivity index (χ2v) is 5.44. The van der Waals surface area contributed by atoms with Gasteiger partial charge in [0, 0.05) is 38.4 Å². The Morgan fingerprint density at radius 1 is 1.45 bits per heavy atom. The van der Waals surface area contributed by atoms with E-state index in [0.29, 0.717) is 17.9 Å². The van der Waals surface area contributed by atoms with Gasteiger partial charge in [-0.15, -0.1) is 0 Å². The molecule has 0 aliphatic heterocycles. The van der Waals surface area contributed by atoms with Crippen molar-refractivity contribution >= 4 is 11.6 Å². The van der Waals surface area contributed by atoms with Gasteiger partial charge in [0.1, 0.15) is 17.6 Å². The van der Waals surface area contributed by atoms with Crippen LogP contribution in [0.15, 0.2) is 41.1 Å².